The van der Waals surface area contributed by atoms with Gasteiger partial charge in [-0.25, -0.2) is 4.79 Å². The van der Waals surface area contributed by atoms with Crippen LogP contribution in [0.25, 0.3) is 11.1 Å². The third-order valence-electron chi connectivity index (χ3n) is 6.16. The van der Waals surface area contributed by atoms with Gasteiger partial charge in [-0.05, 0) is 42.8 Å². The average molecular weight is 394 g/mol. The third kappa shape index (κ3) is 3.60. The standard InChI is InChI=1S/C23H26N2O4/c1-24(2)21-13-25(12-11-19(21)22(26)27)23(28)29-14-20-17-9-5-3-7-15(17)16-8-4-6-10-18(16)20/h3-10,19-21H,11-14H2,1-2H3,(H,26,27)/t19-,21+/m0/s1. The number of nitrogens with zero attached hydrogens (tertiary/aromatic N) is 2. The molecule has 0 saturated carbocycles. The minimum atomic E-state index is -0.809. The number of carbonyl (C=O) groups is 2. The molecule has 6 nitrogen and oxygen atoms in total. The summed E-state index contributed by atoms with van der Waals surface area (Å²) in [6, 6.07) is 16.2. The first-order valence-electron chi connectivity index (χ1n) is 9.96. The molecule has 4 rings (SSSR count). The molecule has 2 atom stereocenters. The highest BCUT2D eigenvalue weighted by atomic mass is 16.6. The van der Waals surface area contributed by atoms with Gasteiger partial charge in [0, 0.05) is 25.0 Å². The molecule has 2 aromatic carbocycles. The van der Waals surface area contributed by atoms with Crippen molar-refractivity contribution < 1.29 is 19.4 Å². The van der Waals surface area contributed by atoms with E-state index in [4.69, 9.17) is 4.74 Å². The lowest BCUT2D eigenvalue weighted by Crippen LogP contribution is -2.54. The Morgan fingerprint density at radius 1 is 1.07 bits per heavy atom. The maximum atomic E-state index is 12.8. The predicted molar refractivity (Wildman–Crippen MR) is 110 cm³/mol. The number of carbonyl (C=O) groups excluding carboxylic acids is 1. The number of aliphatic carboxylic acids is 1. The van der Waals surface area contributed by atoms with Gasteiger partial charge >= 0.3 is 12.1 Å². The zero-order chi connectivity index (χ0) is 20.5. The minimum Gasteiger partial charge on any atom is -0.481 e. The van der Waals surface area contributed by atoms with Crippen LogP contribution < -0.4 is 0 Å². The number of likely N-dealkylation sites (tertiary alicyclic amines) is 1. The molecule has 1 amide bonds. The largest absolute Gasteiger partial charge is 0.481 e. The Hall–Kier alpha value is -2.86. The number of fused-ring (bicyclic) bond motifs is 3. The van der Waals surface area contributed by atoms with E-state index in [0.29, 0.717) is 19.5 Å². The number of rotatable bonds is 4. The molecule has 1 aliphatic carbocycles. The van der Waals surface area contributed by atoms with E-state index in [0.717, 1.165) is 0 Å². The van der Waals surface area contributed by atoms with Gasteiger partial charge in [0.1, 0.15) is 6.61 Å². The number of carboxylic acids is 1. The van der Waals surface area contributed by atoms with E-state index in [1.165, 1.54) is 22.3 Å². The van der Waals surface area contributed by atoms with Gasteiger partial charge in [0.05, 0.1) is 5.92 Å². The highest BCUT2D eigenvalue weighted by Gasteiger charge is 2.38. The normalized spacial score (nSPS) is 21.0. The SMILES string of the molecule is CN(C)[C@@H]1CN(C(=O)OCC2c3ccccc3-c3ccccc32)CC[C@@H]1C(=O)O. The van der Waals surface area contributed by atoms with Crippen molar-refractivity contribution in [2.45, 2.75) is 18.4 Å². The van der Waals surface area contributed by atoms with Crippen LogP contribution >= 0.6 is 0 Å². The maximum Gasteiger partial charge on any atom is 0.409 e. The van der Waals surface area contributed by atoms with Crippen molar-refractivity contribution in [3.05, 3.63) is 59.7 Å². The Labute approximate surface area is 170 Å². The fourth-order valence-corrected chi connectivity index (χ4v) is 4.59. The van der Waals surface area contributed by atoms with Gasteiger partial charge in [-0.3, -0.25) is 4.79 Å². The number of amides is 1. The van der Waals surface area contributed by atoms with Crippen LogP contribution in [0.1, 0.15) is 23.5 Å². The van der Waals surface area contributed by atoms with Crippen molar-refractivity contribution in [1.82, 2.24) is 9.80 Å². The fourth-order valence-electron chi connectivity index (χ4n) is 4.59. The van der Waals surface area contributed by atoms with Gasteiger partial charge in [0.25, 0.3) is 0 Å². The Morgan fingerprint density at radius 3 is 2.21 bits per heavy atom. The summed E-state index contributed by atoms with van der Waals surface area (Å²) in [5.74, 6) is -1.26. The van der Waals surface area contributed by atoms with E-state index >= 15 is 0 Å². The fraction of sp³-hybridized carbons (Fsp3) is 0.391. The Balaban J connectivity index is 1.46. The molecule has 2 aromatic rings. The van der Waals surface area contributed by atoms with Crippen molar-refractivity contribution in [3.63, 3.8) is 0 Å². The van der Waals surface area contributed by atoms with E-state index in [1.807, 2.05) is 43.3 Å². The molecule has 0 spiro atoms. The van der Waals surface area contributed by atoms with Crippen molar-refractivity contribution in [2.75, 3.05) is 33.8 Å². The Bertz CT molecular complexity index is 881. The molecule has 0 aromatic heterocycles. The number of piperidine rings is 1. The van der Waals surface area contributed by atoms with Crippen LogP contribution in [0.2, 0.25) is 0 Å². The van der Waals surface area contributed by atoms with E-state index in [1.54, 1.807) is 4.90 Å². The molecular weight excluding hydrogens is 368 g/mol. The molecular formula is C23H26N2O4. The van der Waals surface area contributed by atoms with Gasteiger partial charge in [-0.1, -0.05) is 48.5 Å². The highest BCUT2D eigenvalue weighted by Crippen LogP contribution is 2.44. The molecule has 152 valence electrons. The quantitative estimate of drug-likeness (QED) is 0.862. The molecule has 1 aliphatic heterocycles. The minimum absolute atomic E-state index is 0.0209. The second-order valence-corrected chi connectivity index (χ2v) is 8.01. The zero-order valence-corrected chi connectivity index (χ0v) is 16.7. The van der Waals surface area contributed by atoms with Crippen molar-refractivity contribution in [1.29, 1.82) is 0 Å². The van der Waals surface area contributed by atoms with Gasteiger partial charge < -0.3 is 19.6 Å². The maximum absolute atomic E-state index is 12.8. The van der Waals surface area contributed by atoms with Gasteiger partial charge in [-0.15, -0.1) is 0 Å². The van der Waals surface area contributed by atoms with Crippen LogP contribution in [0.5, 0.6) is 0 Å². The van der Waals surface area contributed by atoms with Crippen LogP contribution in [0.15, 0.2) is 48.5 Å². The summed E-state index contributed by atoms with van der Waals surface area (Å²) >= 11 is 0. The molecule has 6 heteroatoms. The molecule has 0 radical (unpaired) electrons. The van der Waals surface area contributed by atoms with Gasteiger partial charge in [0.2, 0.25) is 0 Å². The Morgan fingerprint density at radius 2 is 1.66 bits per heavy atom. The molecule has 1 N–H and O–H groups in total. The lowest BCUT2D eigenvalue weighted by atomic mass is 9.91. The number of hydrogen-bond donors (Lipinski definition) is 1. The molecule has 1 saturated heterocycles. The van der Waals surface area contributed by atoms with E-state index in [2.05, 4.69) is 24.3 Å². The lowest BCUT2D eigenvalue weighted by molar-refractivity contribution is -0.145. The lowest BCUT2D eigenvalue weighted by Gasteiger charge is -2.39. The predicted octanol–water partition coefficient (Wildman–Crippen LogP) is 3.27. The van der Waals surface area contributed by atoms with Crippen LogP contribution in [-0.2, 0) is 9.53 Å². The van der Waals surface area contributed by atoms with Crippen LogP contribution in [-0.4, -0.2) is 66.8 Å². The molecule has 2 aliphatic rings. The topological polar surface area (TPSA) is 70.1 Å². The number of likely N-dealkylation sites (N-methyl/N-ethyl adjacent to an activating group) is 1. The summed E-state index contributed by atoms with van der Waals surface area (Å²) in [4.78, 5) is 27.8. The monoisotopic (exact) mass is 394 g/mol. The summed E-state index contributed by atoms with van der Waals surface area (Å²) in [7, 11) is 3.70. The summed E-state index contributed by atoms with van der Waals surface area (Å²) in [6.07, 6.45) is 0.0603. The molecule has 29 heavy (non-hydrogen) atoms. The Kier molecular flexibility index (Phi) is 5.28. The summed E-state index contributed by atoms with van der Waals surface area (Å²) in [5.41, 5.74) is 4.74. The van der Waals surface area contributed by atoms with E-state index < -0.39 is 11.9 Å². The molecule has 1 fully saturated rings. The zero-order valence-electron chi connectivity index (χ0n) is 16.7. The number of hydrogen-bond acceptors (Lipinski definition) is 4. The van der Waals surface area contributed by atoms with Crippen LogP contribution in [0.3, 0.4) is 0 Å². The number of carboxylic acid groups (broad SMARTS) is 1. The smallest absolute Gasteiger partial charge is 0.409 e. The van der Waals surface area contributed by atoms with Crippen molar-refractivity contribution in [2.24, 2.45) is 5.92 Å². The van der Waals surface area contributed by atoms with E-state index in [9.17, 15) is 14.7 Å². The average Bonchev–Trinajstić information content (AvgIpc) is 3.05. The first-order chi connectivity index (χ1) is 14.0. The summed E-state index contributed by atoms with van der Waals surface area (Å²) in [6.45, 7) is 1.04. The third-order valence-corrected chi connectivity index (χ3v) is 6.16. The van der Waals surface area contributed by atoms with Crippen LogP contribution in [0, 0.1) is 5.92 Å². The summed E-state index contributed by atoms with van der Waals surface area (Å²) < 4.78 is 5.72. The van der Waals surface area contributed by atoms with Crippen molar-refractivity contribution >= 4 is 12.1 Å². The second kappa shape index (κ2) is 7.87. The number of ether oxygens (including phenoxy) is 1. The summed E-state index contributed by atoms with van der Waals surface area (Å²) in [5, 5.41) is 9.45. The van der Waals surface area contributed by atoms with Gasteiger partial charge in [-0.2, -0.15) is 0 Å². The van der Waals surface area contributed by atoms with Gasteiger partial charge in [0.15, 0.2) is 0 Å². The second-order valence-electron chi connectivity index (χ2n) is 8.01. The first-order valence-corrected chi connectivity index (χ1v) is 9.96. The first kappa shape index (κ1) is 19.5. The van der Waals surface area contributed by atoms with E-state index in [-0.39, 0.29) is 24.7 Å². The molecule has 0 bridgehead atoms. The van der Waals surface area contributed by atoms with Crippen molar-refractivity contribution in [3.8, 4) is 11.1 Å². The number of benzene rings is 2. The molecule has 0 unspecified atom stereocenters. The van der Waals surface area contributed by atoms with Crippen LogP contribution in [0.4, 0.5) is 4.79 Å². The highest BCUT2D eigenvalue weighted by molar-refractivity contribution is 5.79. The molecule has 1 heterocycles.